The van der Waals surface area contributed by atoms with Crippen LogP contribution in [0.15, 0.2) is 24.3 Å². The number of aliphatic hydroxyl groups excluding tert-OH is 4. The molecule has 0 spiro atoms. The molecule has 0 amide bonds. The van der Waals surface area contributed by atoms with Crippen molar-refractivity contribution in [2.45, 2.75) is 190 Å². The maximum absolute atomic E-state index is 10.3. The lowest BCUT2D eigenvalue weighted by molar-refractivity contribution is -0.312. The smallest absolute Gasteiger partial charge is 0.187 e. The van der Waals surface area contributed by atoms with Crippen molar-refractivity contribution < 1.29 is 44.8 Å². The summed E-state index contributed by atoms with van der Waals surface area (Å²) in [5.74, 6) is -0.0493. The van der Waals surface area contributed by atoms with Crippen molar-refractivity contribution >= 4 is 0 Å². The van der Waals surface area contributed by atoms with Crippen LogP contribution in [-0.4, -0.2) is 99.9 Å². The Bertz CT molecular complexity index is 1120. The molecule has 0 bridgehead atoms. The van der Waals surface area contributed by atoms with Gasteiger partial charge in [0, 0.05) is 19.2 Å². The van der Waals surface area contributed by atoms with Gasteiger partial charge in [0.05, 0.1) is 18.8 Å². The SMILES string of the molecule is COC(/C=C/CCCCCCCCCCCC[C@@H](O[C@@H]1O[C@H](CO)[C@H](O)[C@H](O)[C@H]1O)[C@@H](C)N)CCCCCCCC1NCCc2cc(O)c(O)cc21. The second kappa shape index (κ2) is 25.3. The summed E-state index contributed by atoms with van der Waals surface area (Å²) in [6.45, 7) is 2.27. The van der Waals surface area contributed by atoms with E-state index in [1.165, 1.54) is 70.6 Å². The van der Waals surface area contributed by atoms with Crippen molar-refractivity contribution in [2.75, 3.05) is 20.3 Å². The highest BCUT2D eigenvalue weighted by molar-refractivity contribution is 5.47. The number of allylic oxidation sites excluding steroid dienone is 1. The van der Waals surface area contributed by atoms with Crippen LogP contribution in [0, 0.1) is 0 Å². The topological polar surface area (TPSA) is 187 Å². The van der Waals surface area contributed by atoms with E-state index in [0.29, 0.717) is 6.42 Å². The van der Waals surface area contributed by atoms with Crippen molar-refractivity contribution in [1.82, 2.24) is 5.32 Å². The van der Waals surface area contributed by atoms with Gasteiger partial charge in [-0.2, -0.15) is 0 Å². The van der Waals surface area contributed by atoms with Crippen LogP contribution >= 0.6 is 0 Å². The molecule has 300 valence electrons. The van der Waals surface area contributed by atoms with Gasteiger partial charge in [-0.15, -0.1) is 0 Å². The van der Waals surface area contributed by atoms with Gasteiger partial charge in [-0.25, -0.2) is 0 Å². The number of nitrogens with two attached hydrogens (primary N) is 1. The summed E-state index contributed by atoms with van der Waals surface area (Å²) < 4.78 is 17.1. The summed E-state index contributed by atoms with van der Waals surface area (Å²) >= 11 is 0. The Morgan fingerprint density at radius 1 is 0.827 bits per heavy atom. The van der Waals surface area contributed by atoms with Gasteiger partial charge in [-0.05, 0) is 75.3 Å². The lowest BCUT2D eigenvalue weighted by atomic mass is 9.90. The Hall–Kier alpha value is -1.80. The third-order valence-corrected chi connectivity index (χ3v) is 10.9. The predicted octanol–water partition coefficient (Wildman–Crippen LogP) is 5.80. The molecule has 1 saturated heterocycles. The molecule has 9 N–H and O–H groups in total. The van der Waals surface area contributed by atoms with E-state index in [9.17, 15) is 30.6 Å². The Morgan fingerprint density at radius 2 is 1.42 bits per heavy atom. The highest BCUT2D eigenvalue weighted by Gasteiger charge is 2.45. The fraction of sp³-hybridized carbons (Fsp3) is 0.805. The number of fused-ring (bicyclic) bond motifs is 1. The lowest BCUT2D eigenvalue weighted by Crippen LogP contribution is -2.60. The zero-order chi connectivity index (χ0) is 37.7. The van der Waals surface area contributed by atoms with Crippen LogP contribution in [0.25, 0.3) is 0 Å². The Morgan fingerprint density at radius 3 is 2.06 bits per heavy atom. The number of methoxy groups -OCH3 is 1. The van der Waals surface area contributed by atoms with E-state index in [2.05, 4.69) is 17.5 Å². The second-order valence-electron chi connectivity index (χ2n) is 15.2. The summed E-state index contributed by atoms with van der Waals surface area (Å²) in [6, 6.07) is 3.42. The van der Waals surface area contributed by atoms with E-state index in [0.717, 1.165) is 69.0 Å². The first kappa shape index (κ1) is 44.6. The molecule has 1 fully saturated rings. The molecule has 11 nitrogen and oxygen atoms in total. The lowest BCUT2D eigenvalue weighted by Gasteiger charge is -2.41. The minimum absolute atomic E-state index is 0.0218. The van der Waals surface area contributed by atoms with Crippen LogP contribution in [0.5, 0.6) is 11.5 Å². The number of rotatable bonds is 27. The standard InChI is InChI=1S/C41H72N2O9/c1-29(42)36(51-41-40(49)39(48)38(47)37(28-44)52-41)23-19-15-10-8-6-4-3-5-7-9-12-16-20-31(50-2)21-17-13-11-14-18-22-33-32-27-35(46)34(45)26-30(32)24-25-43-33/h16,20,26-27,29,31,33,36-41,43-49H,3-15,17-19,21-25,28,42H2,1-2H3/b20-16+/t29-,31?,33?,36-,37-,38+,39+,40-,41-/m1/s1. The monoisotopic (exact) mass is 737 g/mol. The summed E-state index contributed by atoms with van der Waals surface area (Å²) in [4.78, 5) is 0. The summed E-state index contributed by atoms with van der Waals surface area (Å²) in [5.41, 5.74) is 8.40. The van der Waals surface area contributed by atoms with Gasteiger partial charge in [0.1, 0.15) is 24.4 Å². The van der Waals surface area contributed by atoms with Gasteiger partial charge in [-0.1, -0.05) is 102 Å². The number of nitrogens with one attached hydrogen (secondary N) is 1. The number of aliphatic hydroxyl groups is 4. The highest BCUT2D eigenvalue weighted by Crippen LogP contribution is 2.35. The molecule has 0 aliphatic carbocycles. The maximum Gasteiger partial charge on any atom is 0.187 e. The van der Waals surface area contributed by atoms with Gasteiger partial charge in [0.15, 0.2) is 17.8 Å². The molecule has 0 saturated carbocycles. The number of ether oxygens (including phenoxy) is 3. The van der Waals surface area contributed by atoms with Gasteiger partial charge in [0.25, 0.3) is 0 Å². The number of unbranched alkanes of at least 4 members (excludes halogenated alkanes) is 14. The van der Waals surface area contributed by atoms with Crippen molar-refractivity contribution in [2.24, 2.45) is 5.73 Å². The Balaban J connectivity index is 1.12. The molecule has 2 heterocycles. The van der Waals surface area contributed by atoms with Gasteiger partial charge >= 0.3 is 0 Å². The number of phenolic OH excluding ortho intramolecular Hbond substituents is 2. The van der Waals surface area contributed by atoms with Crippen molar-refractivity contribution in [3.8, 4) is 11.5 Å². The Labute approximate surface area is 312 Å². The normalized spacial score (nSPS) is 25.3. The van der Waals surface area contributed by atoms with Crippen LogP contribution in [-0.2, 0) is 20.6 Å². The molecule has 1 aromatic rings. The molecule has 0 radical (unpaired) electrons. The predicted molar refractivity (Wildman–Crippen MR) is 204 cm³/mol. The van der Waals surface area contributed by atoms with Crippen molar-refractivity contribution in [3.63, 3.8) is 0 Å². The van der Waals surface area contributed by atoms with E-state index < -0.39 is 37.3 Å². The molecule has 2 unspecified atom stereocenters. The minimum atomic E-state index is -1.45. The van der Waals surface area contributed by atoms with Gasteiger partial charge in [-0.3, -0.25) is 0 Å². The number of hydrogen-bond donors (Lipinski definition) is 8. The molecule has 11 heteroatoms. The van der Waals surface area contributed by atoms with Crippen molar-refractivity contribution in [3.05, 3.63) is 35.4 Å². The second-order valence-corrected chi connectivity index (χ2v) is 15.2. The van der Waals surface area contributed by atoms with Gasteiger partial charge < -0.3 is 55.9 Å². The van der Waals surface area contributed by atoms with Crippen molar-refractivity contribution in [1.29, 1.82) is 0 Å². The van der Waals surface area contributed by atoms with E-state index in [4.69, 9.17) is 19.9 Å². The summed E-state index contributed by atoms with van der Waals surface area (Å²) in [7, 11) is 1.81. The van der Waals surface area contributed by atoms with Crippen LogP contribution in [0.2, 0.25) is 0 Å². The molecule has 2 aliphatic rings. The summed E-state index contributed by atoms with van der Waals surface area (Å²) in [5, 5.41) is 63.0. The number of phenols is 2. The highest BCUT2D eigenvalue weighted by atomic mass is 16.7. The average Bonchev–Trinajstić information content (AvgIpc) is 3.13. The van der Waals surface area contributed by atoms with E-state index >= 15 is 0 Å². The van der Waals surface area contributed by atoms with Crippen LogP contribution in [0.3, 0.4) is 0 Å². The molecule has 1 aromatic carbocycles. The average molecular weight is 737 g/mol. The maximum atomic E-state index is 10.3. The fourth-order valence-electron chi connectivity index (χ4n) is 7.52. The molecule has 9 atom stereocenters. The number of hydrogen-bond acceptors (Lipinski definition) is 11. The van der Waals surface area contributed by atoms with E-state index in [1.807, 2.05) is 6.92 Å². The van der Waals surface area contributed by atoms with E-state index in [1.54, 1.807) is 19.2 Å². The largest absolute Gasteiger partial charge is 0.504 e. The van der Waals surface area contributed by atoms with Crippen LogP contribution in [0.1, 0.15) is 146 Å². The molecule has 0 aromatic heterocycles. The first-order valence-corrected chi connectivity index (χ1v) is 20.3. The van der Waals surface area contributed by atoms with Crippen LogP contribution < -0.4 is 11.1 Å². The minimum Gasteiger partial charge on any atom is -0.504 e. The van der Waals surface area contributed by atoms with E-state index in [-0.39, 0.29) is 35.8 Å². The first-order chi connectivity index (χ1) is 25.2. The van der Waals surface area contributed by atoms with Crippen LogP contribution in [0.4, 0.5) is 0 Å². The summed E-state index contributed by atoms with van der Waals surface area (Å²) in [6.07, 6.45) is 20.7. The fourth-order valence-corrected chi connectivity index (χ4v) is 7.52. The number of aromatic hydroxyl groups is 2. The molecule has 3 rings (SSSR count). The van der Waals surface area contributed by atoms with Gasteiger partial charge in [0.2, 0.25) is 0 Å². The Kier molecular flexibility index (Phi) is 21.7. The first-order valence-electron chi connectivity index (χ1n) is 20.3. The molecular weight excluding hydrogens is 664 g/mol. The third kappa shape index (κ3) is 15.5. The quantitative estimate of drug-likeness (QED) is 0.0310. The zero-order valence-corrected chi connectivity index (χ0v) is 32.0. The molecule has 52 heavy (non-hydrogen) atoms. The molecular formula is C41H72N2O9. The number of benzene rings is 1. The zero-order valence-electron chi connectivity index (χ0n) is 32.0. The molecule has 2 aliphatic heterocycles. The third-order valence-electron chi connectivity index (χ3n) is 10.9.